The minimum absolute atomic E-state index is 0.371. The molecule has 0 aliphatic carbocycles. The first-order valence-corrected chi connectivity index (χ1v) is 7.77. The second kappa shape index (κ2) is 12.5. The summed E-state index contributed by atoms with van der Waals surface area (Å²) in [5.41, 5.74) is 0.371. The molecule has 0 aromatic carbocycles. The second-order valence-electron chi connectivity index (χ2n) is 3.87. The van der Waals surface area contributed by atoms with Gasteiger partial charge in [-0.05, 0) is 12.1 Å². The number of nitrogens with zero attached hydrogens (tertiary/aromatic N) is 2. The number of ether oxygens (including phenoxy) is 4. The zero-order valence-corrected chi connectivity index (χ0v) is 13.4. The summed E-state index contributed by atoms with van der Waals surface area (Å²) in [4.78, 5) is 3.91. The van der Waals surface area contributed by atoms with E-state index in [9.17, 15) is 0 Å². The predicted octanol–water partition coefficient (Wildman–Crippen LogP) is 1.78. The van der Waals surface area contributed by atoms with Gasteiger partial charge in [-0.3, -0.25) is 0 Å². The van der Waals surface area contributed by atoms with E-state index in [-0.39, 0.29) is 0 Å². The predicted molar refractivity (Wildman–Crippen MR) is 80.7 cm³/mol. The first-order chi connectivity index (χ1) is 10.4. The van der Waals surface area contributed by atoms with Crippen LogP contribution in [0, 0.1) is 11.3 Å². The van der Waals surface area contributed by atoms with Crippen molar-refractivity contribution >= 4 is 15.9 Å². The van der Waals surface area contributed by atoms with Gasteiger partial charge in [0.1, 0.15) is 24.1 Å². The largest absolute Gasteiger partial charge is 0.490 e. The van der Waals surface area contributed by atoms with Crippen molar-refractivity contribution in [2.24, 2.45) is 0 Å². The molecule has 0 bridgehead atoms. The highest BCUT2D eigenvalue weighted by atomic mass is 79.9. The summed E-state index contributed by atoms with van der Waals surface area (Å²) in [6, 6.07) is 5.27. The summed E-state index contributed by atoms with van der Waals surface area (Å²) in [6.45, 7) is 3.83. The molecule has 0 saturated heterocycles. The van der Waals surface area contributed by atoms with Crippen molar-refractivity contribution < 1.29 is 18.9 Å². The van der Waals surface area contributed by atoms with Crippen LogP contribution in [0.15, 0.2) is 18.3 Å². The van der Waals surface area contributed by atoms with E-state index in [4.69, 9.17) is 24.2 Å². The molecule has 0 aliphatic rings. The van der Waals surface area contributed by atoms with Crippen LogP contribution in [0.4, 0.5) is 0 Å². The fraction of sp³-hybridized carbons (Fsp3) is 0.571. The van der Waals surface area contributed by atoms with E-state index in [0.29, 0.717) is 57.7 Å². The highest BCUT2D eigenvalue weighted by Crippen LogP contribution is 2.08. The van der Waals surface area contributed by atoms with Crippen LogP contribution in [0.25, 0.3) is 0 Å². The summed E-state index contributed by atoms with van der Waals surface area (Å²) in [6.07, 6.45) is 1.52. The van der Waals surface area contributed by atoms with Crippen molar-refractivity contribution in [2.45, 2.75) is 0 Å². The standard InChI is InChI=1S/C14H19BrN2O4/c15-3-4-18-5-6-19-7-8-20-9-10-21-14-2-1-13(11-16)17-12-14/h1-2,12H,3-10H2. The van der Waals surface area contributed by atoms with Gasteiger partial charge in [-0.15, -0.1) is 0 Å². The van der Waals surface area contributed by atoms with Gasteiger partial charge in [0, 0.05) is 5.33 Å². The molecule has 1 rings (SSSR count). The van der Waals surface area contributed by atoms with Crippen LogP contribution >= 0.6 is 15.9 Å². The molecule has 1 heterocycles. The van der Waals surface area contributed by atoms with Gasteiger partial charge in [-0.1, -0.05) is 15.9 Å². The van der Waals surface area contributed by atoms with E-state index < -0.39 is 0 Å². The van der Waals surface area contributed by atoms with E-state index in [2.05, 4.69) is 20.9 Å². The van der Waals surface area contributed by atoms with Crippen LogP contribution in [0.5, 0.6) is 5.75 Å². The number of alkyl halides is 1. The molecule has 0 N–H and O–H groups in total. The molecule has 0 spiro atoms. The van der Waals surface area contributed by atoms with Gasteiger partial charge in [0.2, 0.25) is 0 Å². The van der Waals surface area contributed by atoms with Crippen LogP contribution in [-0.2, 0) is 14.2 Å². The van der Waals surface area contributed by atoms with E-state index in [0.717, 1.165) is 5.33 Å². The Balaban J connectivity index is 1.89. The highest BCUT2D eigenvalue weighted by Gasteiger charge is 1.96. The fourth-order valence-electron chi connectivity index (χ4n) is 1.35. The molecule has 0 saturated carbocycles. The van der Waals surface area contributed by atoms with Gasteiger partial charge in [0.05, 0.1) is 45.8 Å². The quantitative estimate of drug-likeness (QED) is 0.418. The number of aromatic nitrogens is 1. The van der Waals surface area contributed by atoms with Crippen LogP contribution in [0.3, 0.4) is 0 Å². The minimum atomic E-state index is 0.371. The molecule has 0 radical (unpaired) electrons. The van der Waals surface area contributed by atoms with E-state index >= 15 is 0 Å². The first-order valence-electron chi connectivity index (χ1n) is 6.65. The number of hydrogen-bond acceptors (Lipinski definition) is 6. The molecule has 7 heteroatoms. The summed E-state index contributed by atoms with van der Waals surface area (Å²) in [7, 11) is 0. The molecule has 0 unspecified atom stereocenters. The van der Waals surface area contributed by atoms with Crippen molar-refractivity contribution in [3.05, 3.63) is 24.0 Å². The normalized spacial score (nSPS) is 10.3. The third kappa shape index (κ3) is 9.37. The third-order valence-electron chi connectivity index (χ3n) is 2.31. The van der Waals surface area contributed by atoms with Crippen LogP contribution < -0.4 is 4.74 Å². The lowest BCUT2D eigenvalue weighted by atomic mass is 10.4. The van der Waals surface area contributed by atoms with Gasteiger partial charge in [0.15, 0.2) is 0 Å². The molecular formula is C14H19BrN2O4. The Labute approximate surface area is 133 Å². The van der Waals surface area contributed by atoms with Gasteiger partial charge in [-0.2, -0.15) is 5.26 Å². The zero-order chi connectivity index (χ0) is 15.2. The highest BCUT2D eigenvalue weighted by molar-refractivity contribution is 9.09. The van der Waals surface area contributed by atoms with E-state index in [1.807, 2.05) is 6.07 Å². The van der Waals surface area contributed by atoms with Crippen molar-refractivity contribution in [1.29, 1.82) is 5.26 Å². The molecular weight excluding hydrogens is 340 g/mol. The van der Waals surface area contributed by atoms with E-state index in [1.54, 1.807) is 12.1 Å². The van der Waals surface area contributed by atoms with Crippen molar-refractivity contribution in [3.63, 3.8) is 0 Å². The lowest BCUT2D eigenvalue weighted by Crippen LogP contribution is -2.13. The second-order valence-corrected chi connectivity index (χ2v) is 4.66. The lowest BCUT2D eigenvalue weighted by molar-refractivity contribution is 0.0118. The number of nitriles is 1. The maximum atomic E-state index is 8.61. The fourth-order valence-corrected chi connectivity index (χ4v) is 1.58. The molecule has 21 heavy (non-hydrogen) atoms. The molecule has 116 valence electrons. The zero-order valence-electron chi connectivity index (χ0n) is 11.8. The van der Waals surface area contributed by atoms with Crippen LogP contribution in [0.1, 0.15) is 5.69 Å². The lowest BCUT2D eigenvalue weighted by Gasteiger charge is -2.07. The van der Waals surface area contributed by atoms with Crippen LogP contribution in [0.2, 0.25) is 0 Å². The Morgan fingerprint density at radius 3 is 2.10 bits per heavy atom. The van der Waals surface area contributed by atoms with Crippen molar-refractivity contribution in [2.75, 3.05) is 51.6 Å². The first kappa shape index (κ1) is 17.9. The molecule has 0 atom stereocenters. The Kier molecular flexibility index (Phi) is 10.7. The van der Waals surface area contributed by atoms with Crippen molar-refractivity contribution in [3.8, 4) is 11.8 Å². The third-order valence-corrected chi connectivity index (χ3v) is 2.64. The molecule has 1 aromatic heterocycles. The average Bonchev–Trinajstić information content (AvgIpc) is 2.53. The topological polar surface area (TPSA) is 73.6 Å². The van der Waals surface area contributed by atoms with E-state index in [1.165, 1.54) is 6.20 Å². The average molecular weight is 359 g/mol. The number of rotatable bonds is 12. The molecule has 1 aromatic rings. The number of halogens is 1. The minimum Gasteiger partial charge on any atom is -0.490 e. The Morgan fingerprint density at radius 1 is 0.952 bits per heavy atom. The molecule has 6 nitrogen and oxygen atoms in total. The van der Waals surface area contributed by atoms with Gasteiger partial charge >= 0.3 is 0 Å². The monoisotopic (exact) mass is 358 g/mol. The summed E-state index contributed by atoms with van der Waals surface area (Å²) in [5.74, 6) is 0.623. The van der Waals surface area contributed by atoms with Gasteiger partial charge < -0.3 is 18.9 Å². The molecule has 0 amide bonds. The van der Waals surface area contributed by atoms with Gasteiger partial charge in [0.25, 0.3) is 0 Å². The summed E-state index contributed by atoms with van der Waals surface area (Å²) in [5, 5.41) is 9.45. The SMILES string of the molecule is N#Cc1ccc(OCCOCCOCCOCCBr)cn1. The number of pyridine rings is 1. The van der Waals surface area contributed by atoms with Crippen molar-refractivity contribution in [1.82, 2.24) is 4.98 Å². The maximum Gasteiger partial charge on any atom is 0.140 e. The maximum absolute atomic E-state index is 8.61. The number of hydrogen-bond donors (Lipinski definition) is 0. The molecule has 0 fully saturated rings. The van der Waals surface area contributed by atoms with Crippen LogP contribution in [-0.4, -0.2) is 56.6 Å². The molecule has 0 aliphatic heterocycles. The van der Waals surface area contributed by atoms with Gasteiger partial charge in [-0.25, -0.2) is 4.98 Å². The Hall–Kier alpha value is -1.20. The summed E-state index contributed by atoms with van der Waals surface area (Å²) < 4.78 is 21.3. The smallest absolute Gasteiger partial charge is 0.140 e. The summed E-state index contributed by atoms with van der Waals surface area (Å²) >= 11 is 3.28. The Morgan fingerprint density at radius 2 is 1.57 bits per heavy atom. The Bertz CT molecular complexity index is 408.